The van der Waals surface area contributed by atoms with Crippen LogP contribution in [0.2, 0.25) is 0 Å². The van der Waals surface area contributed by atoms with Crippen molar-refractivity contribution in [3.05, 3.63) is 0 Å². The molecule has 5 nitrogen and oxygen atoms in total. The minimum atomic E-state index is -0.899. The van der Waals surface area contributed by atoms with Gasteiger partial charge in [0.25, 0.3) is 0 Å². The van der Waals surface area contributed by atoms with E-state index in [2.05, 4.69) is 5.32 Å². The zero-order chi connectivity index (χ0) is 14.0. The van der Waals surface area contributed by atoms with Crippen molar-refractivity contribution in [2.45, 2.75) is 65.0 Å². The molecule has 5 heteroatoms. The van der Waals surface area contributed by atoms with E-state index < -0.39 is 17.7 Å². The molecule has 1 unspecified atom stereocenters. The zero-order valence-corrected chi connectivity index (χ0v) is 11.6. The van der Waals surface area contributed by atoms with E-state index in [0.29, 0.717) is 0 Å². The lowest BCUT2D eigenvalue weighted by Crippen LogP contribution is -2.51. The molecule has 1 rings (SSSR count). The molecule has 0 aromatic rings. The third kappa shape index (κ3) is 4.20. The van der Waals surface area contributed by atoms with Gasteiger partial charge in [-0.1, -0.05) is 13.3 Å². The summed E-state index contributed by atoms with van der Waals surface area (Å²) in [5.41, 5.74) is -0.687. The highest BCUT2D eigenvalue weighted by molar-refractivity contribution is 5.71. The van der Waals surface area contributed by atoms with Crippen LogP contribution in [0.5, 0.6) is 0 Å². The first kappa shape index (κ1) is 14.8. The molecule has 1 aliphatic carbocycles. The van der Waals surface area contributed by atoms with Crippen molar-refractivity contribution in [3.8, 4) is 0 Å². The molecule has 1 amide bonds. The van der Waals surface area contributed by atoms with Crippen LogP contribution in [0, 0.1) is 5.41 Å². The third-order valence-electron chi connectivity index (χ3n) is 3.41. The van der Waals surface area contributed by atoms with Gasteiger partial charge >= 0.3 is 12.1 Å². The lowest BCUT2D eigenvalue weighted by atomic mass is 9.65. The first-order valence-corrected chi connectivity index (χ1v) is 6.34. The summed E-state index contributed by atoms with van der Waals surface area (Å²) in [5.74, 6) is -0.899. The molecule has 0 aliphatic heterocycles. The Balaban J connectivity index is 2.61. The predicted molar refractivity (Wildman–Crippen MR) is 67.4 cm³/mol. The fourth-order valence-corrected chi connectivity index (χ4v) is 2.18. The van der Waals surface area contributed by atoms with Gasteiger partial charge in [0.05, 0.1) is 6.42 Å². The Morgan fingerprint density at radius 3 is 2.28 bits per heavy atom. The van der Waals surface area contributed by atoms with E-state index in [4.69, 9.17) is 9.84 Å². The molecule has 0 aromatic carbocycles. The lowest BCUT2D eigenvalue weighted by molar-refractivity contribution is -0.138. The summed E-state index contributed by atoms with van der Waals surface area (Å²) in [6, 6.07) is -0.362. The van der Waals surface area contributed by atoms with Crippen molar-refractivity contribution in [1.82, 2.24) is 5.32 Å². The maximum atomic E-state index is 11.7. The summed E-state index contributed by atoms with van der Waals surface area (Å²) in [6.45, 7) is 7.36. The summed E-state index contributed by atoms with van der Waals surface area (Å²) < 4.78 is 5.17. The van der Waals surface area contributed by atoms with Gasteiger partial charge in [0, 0.05) is 6.04 Å². The normalized spacial score (nSPS) is 19.6. The fourth-order valence-electron chi connectivity index (χ4n) is 2.18. The Morgan fingerprint density at radius 1 is 1.39 bits per heavy atom. The average Bonchev–Trinajstić information content (AvgIpc) is 2.09. The minimum Gasteiger partial charge on any atom is -0.481 e. The molecule has 0 heterocycles. The van der Waals surface area contributed by atoms with E-state index in [-0.39, 0.29) is 17.9 Å². The van der Waals surface area contributed by atoms with Crippen LogP contribution in [-0.4, -0.2) is 28.8 Å². The van der Waals surface area contributed by atoms with Gasteiger partial charge in [-0.05, 0) is 39.0 Å². The topological polar surface area (TPSA) is 75.6 Å². The van der Waals surface area contributed by atoms with Gasteiger partial charge in [-0.2, -0.15) is 0 Å². The van der Waals surface area contributed by atoms with Crippen LogP contribution in [0.25, 0.3) is 0 Å². The van der Waals surface area contributed by atoms with Crippen molar-refractivity contribution in [3.63, 3.8) is 0 Å². The molecule has 0 aromatic heterocycles. The van der Waals surface area contributed by atoms with Gasteiger partial charge in [-0.25, -0.2) is 4.79 Å². The second-order valence-corrected chi connectivity index (χ2v) is 6.30. The largest absolute Gasteiger partial charge is 0.481 e. The van der Waals surface area contributed by atoms with Crippen molar-refractivity contribution in [2.75, 3.05) is 0 Å². The van der Waals surface area contributed by atoms with Gasteiger partial charge in [0.1, 0.15) is 5.60 Å². The molecule has 0 saturated heterocycles. The Labute approximate surface area is 108 Å². The van der Waals surface area contributed by atoms with E-state index >= 15 is 0 Å². The van der Waals surface area contributed by atoms with Gasteiger partial charge in [0.15, 0.2) is 0 Å². The van der Waals surface area contributed by atoms with E-state index in [9.17, 15) is 9.59 Å². The average molecular weight is 257 g/mol. The molecule has 104 valence electrons. The summed E-state index contributed by atoms with van der Waals surface area (Å²) in [7, 11) is 0. The molecule has 2 N–H and O–H groups in total. The Bertz CT molecular complexity index is 328. The quantitative estimate of drug-likeness (QED) is 0.811. The second kappa shape index (κ2) is 5.16. The number of hydrogen-bond donors (Lipinski definition) is 2. The van der Waals surface area contributed by atoms with Gasteiger partial charge in [-0.15, -0.1) is 0 Å². The van der Waals surface area contributed by atoms with E-state index in [0.717, 1.165) is 19.3 Å². The zero-order valence-electron chi connectivity index (χ0n) is 11.6. The monoisotopic (exact) mass is 257 g/mol. The molecule has 18 heavy (non-hydrogen) atoms. The number of alkyl carbamates (subject to hydrolysis) is 1. The standard InChI is InChI=1S/C13H23NO4/c1-12(2,3)18-11(17)14-9(8-10(15)16)13(4)6-5-7-13/h9H,5-8H2,1-4H3,(H,14,17)(H,15,16). The van der Waals surface area contributed by atoms with Crippen molar-refractivity contribution >= 4 is 12.1 Å². The number of amides is 1. The summed E-state index contributed by atoms with van der Waals surface area (Å²) in [4.78, 5) is 22.6. The number of carbonyl (C=O) groups excluding carboxylic acids is 1. The molecule has 1 atom stereocenters. The molecule has 0 bridgehead atoms. The Morgan fingerprint density at radius 2 is 1.94 bits per heavy atom. The number of nitrogens with one attached hydrogen (secondary N) is 1. The van der Waals surface area contributed by atoms with Crippen LogP contribution in [-0.2, 0) is 9.53 Å². The first-order valence-electron chi connectivity index (χ1n) is 6.34. The van der Waals surface area contributed by atoms with E-state index in [1.165, 1.54) is 0 Å². The number of rotatable bonds is 4. The molecular weight excluding hydrogens is 234 g/mol. The lowest BCUT2D eigenvalue weighted by Gasteiger charge is -2.44. The highest BCUT2D eigenvalue weighted by Crippen LogP contribution is 2.44. The molecule has 1 saturated carbocycles. The predicted octanol–water partition coefficient (Wildman–Crippen LogP) is 2.54. The maximum Gasteiger partial charge on any atom is 0.407 e. The third-order valence-corrected chi connectivity index (χ3v) is 3.41. The fraction of sp³-hybridized carbons (Fsp3) is 0.846. The number of ether oxygens (including phenoxy) is 1. The molecular formula is C13H23NO4. The second-order valence-electron chi connectivity index (χ2n) is 6.30. The van der Waals surface area contributed by atoms with E-state index in [1.54, 1.807) is 20.8 Å². The van der Waals surface area contributed by atoms with Crippen LogP contribution in [0.1, 0.15) is 53.4 Å². The maximum absolute atomic E-state index is 11.7. The minimum absolute atomic E-state index is 0.0598. The summed E-state index contributed by atoms with van der Waals surface area (Å²) in [5, 5.41) is 11.6. The van der Waals surface area contributed by atoms with Crippen LogP contribution < -0.4 is 5.32 Å². The van der Waals surface area contributed by atoms with Crippen molar-refractivity contribution in [2.24, 2.45) is 5.41 Å². The summed E-state index contributed by atoms with van der Waals surface area (Å²) >= 11 is 0. The highest BCUT2D eigenvalue weighted by atomic mass is 16.6. The van der Waals surface area contributed by atoms with Gasteiger partial charge < -0.3 is 15.2 Å². The molecule has 0 radical (unpaired) electrons. The Hall–Kier alpha value is -1.26. The Kier molecular flexibility index (Phi) is 4.24. The smallest absolute Gasteiger partial charge is 0.407 e. The van der Waals surface area contributed by atoms with Crippen molar-refractivity contribution in [1.29, 1.82) is 0 Å². The van der Waals surface area contributed by atoms with Gasteiger partial charge in [0.2, 0.25) is 0 Å². The first-order chi connectivity index (χ1) is 8.12. The summed E-state index contributed by atoms with van der Waals surface area (Å²) in [6.07, 6.45) is 2.38. The highest BCUT2D eigenvalue weighted by Gasteiger charge is 2.42. The number of hydrogen-bond acceptors (Lipinski definition) is 3. The number of carboxylic acid groups (broad SMARTS) is 1. The number of carbonyl (C=O) groups is 2. The molecule has 0 spiro atoms. The molecule has 1 fully saturated rings. The molecule has 1 aliphatic rings. The van der Waals surface area contributed by atoms with Crippen LogP contribution in [0.4, 0.5) is 4.79 Å². The van der Waals surface area contributed by atoms with Crippen LogP contribution in [0.3, 0.4) is 0 Å². The van der Waals surface area contributed by atoms with Crippen molar-refractivity contribution < 1.29 is 19.4 Å². The van der Waals surface area contributed by atoms with Crippen LogP contribution >= 0.6 is 0 Å². The van der Waals surface area contributed by atoms with E-state index in [1.807, 2.05) is 6.92 Å². The number of aliphatic carboxylic acids is 1. The SMILES string of the molecule is CC(C)(C)OC(=O)NC(CC(=O)O)C1(C)CCC1. The number of carboxylic acids is 1. The van der Waals surface area contributed by atoms with Gasteiger partial charge in [-0.3, -0.25) is 4.79 Å². The van der Waals surface area contributed by atoms with Crippen LogP contribution in [0.15, 0.2) is 0 Å².